The summed E-state index contributed by atoms with van der Waals surface area (Å²) in [6, 6.07) is 0. The zero-order valence-electron chi connectivity index (χ0n) is 11.0. The van der Waals surface area contributed by atoms with E-state index in [9.17, 15) is 4.79 Å². The molecule has 0 heterocycles. The van der Waals surface area contributed by atoms with Crippen LogP contribution in [0.4, 0.5) is 0 Å². The molecule has 0 aromatic carbocycles. The minimum absolute atomic E-state index is 0.131. The molecule has 1 amide bonds. The summed E-state index contributed by atoms with van der Waals surface area (Å²) in [5, 5.41) is 0. The molecule has 0 aromatic heterocycles. The van der Waals surface area contributed by atoms with Crippen LogP contribution in [0.2, 0.25) is 0 Å². The second-order valence-electron chi connectivity index (χ2n) is 4.86. The standard InChI is InChI=1S/C13H19NO3/c1-13(2,3)12(15)14-9-6-7-10(16-4)11(8-9)17-5/h6-7H,8H2,1-5H3. The molecule has 94 valence electrons. The van der Waals surface area contributed by atoms with Crippen LogP contribution in [0.25, 0.3) is 0 Å². The lowest BCUT2D eigenvalue weighted by atomic mass is 9.96. The van der Waals surface area contributed by atoms with E-state index in [1.165, 1.54) is 0 Å². The van der Waals surface area contributed by atoms with Gasteiger partial charge in [0.15, 0.2) is 5.76 Å². The van der Waals surface area contributed by atoms with Crippen molar-refractivity contribution in [1.82, 2.24) is 0 Å². The summed E-state index contributed by atoms with van der Waals surface area (Å²) in [5.41, 5.74) is 0.238. The molecule has 0 aromatic rings. The normalized spacial score (nSPS) is 18.5. The van der Waals surface area contributed by atoms with Gasteiger partial charge in [-0.3, -0.25) is 4.79 Å². The topological polar surface area (TPSA) is 47.9 Å². The van der Waals surface area contributed by atoms with Crippen LogP contribution in [-0.2, 0) is 14.3 Å². The molecule has 0 fully saturated rings. The van der Waals surface area contributed by atoms with Gasteiger partial charge in [-0.05, 0) is 12.2 Å². The van der Waals surface area contributed by atoms with E-state index in [0.717, 1.165) is 0 Å². The second kappa shape index (κ2) is 5.17. The monoisotopic (exact) mass is 237 g/mol. The summed E-state index contributed by atoms with van der Waals surface area (Å²) in [6.07, 6.45) is 4.03. The fraction of sp³-hybridized carbons (Fsp3) is 0.538. The van der Waals surface area contributed by atoms with Crippen molar-refractivity contribution in [1.29, 1.82) is 0 Å². The van der Waals surface area contributed by atoms with E-state index in [2.05, 4.69) is 4.99 Å². The number of carbonyl (C=O) groups is 1. The summed E-state index contributed by atoms with van der Waals surface area (Å²) in [5.74, 6) is 1.23. The van der Waals surface area contributed by atoms with Crippen LogP contribution in [0.1, 0.15) is 27.2 Å². The van der Waals surface area contributed by atoms with E-state index < -0.39 is 5.41 Å². The van der Waals surface area contributed by atoms with Crippen LogP contribution in [0.5, 0.6) is 0 Å². The van der Waals surface area contributed by atoms with Gasteiger partial charge in [0.25, 0.3) is 5.91 Å². The molecule has 0 bridgehead atoms. The third-order valence-electron chi connectivity index (χ3n) is 2.40. The Morgan fingerprint density at radius 2 is 1.88 bits per heavy atom. The van der Waals surface area contributed by atoms with Gasteiger partial charge in [0, 0.05) is 5.41 Å². The summed E-state index contributed by atoms with van der Waals surface area (Å²) in [7, 11) is 3.16. The summed E-state index contributed by atoms with van der Waals surface area (Å²) in [4.78, 5) is 15.9. The lowest BCUT2D eigenvalue weighted by Crippen LogP contribution is -2.20. The molecule has 4 nitrogen and oxygen atoms in total. The van der Waals surface area contributed by atoms with Crippen LogP contribution in [-0.4, -0.2) is 25.8 Å². The fourth-order valence-corrected chi connectivity index (χ4v) is 1.30. The van der Waals surface area contributed by atoms with Crippen molar-refractivity contribution in [2.75, 3.05) is 14.2 Å². The molecule has 1 aliphatic carbocycles. The quantitative estimate of drug-likeness (QED) is 0.741. The van der Waals surface area contributed by atoms with E-state index in [-0.39, 0.29) is 5.91 Å². The molecule has 0 N–H and O–H groups in total. The largest absolute Gasteiger partial charge is 0.497 e. The zero-order chi connectivity index (χ0) is 13.1. The van der Waals surface area contributed by atoms with Gasteiger partial charge in [0.1, 0.15) is 5.76 Å². The Morgan fingerprint density at radius 3 is 2.35 bits per heavy atom. The first-order valence-corrected chi connectivity index (χ1v) is 5.49. The summed E-state index contributed by atoms with van der Waals surface area (Å²) in [6.45, 7) is 5.54. The molecule has 0 unspecified atom stereocenters. The first-order chi connectivity index (χ1) is 7.88. The Hall–Kier alpha value is -1.58. The number of hydrogen-bond donors (Lipinski definition) is 0. The third kappa shape index (κ3) is 3.44. The molecule has 0 atom stereocenters. The number of rotatable bonds is 2. The van der Waals surface area contributed by atoms with Crippen molar-refractivity contribution in [3.8, 4) is 0 Å². The van der Waals surface area contributed by atoms with Gasteiger partial charge in [0.2, 0.25) is 0 Å². The molecule has 0 saturated heterocycles. The van der Waals surface area contributed by atoms with Crippen molar-refractivity contribution >= 4 is 11.6 Å². The molecule has 0 spiro atoms. The van der Waals surface area contributed by atoms with Crippen molar-refractivity contribution in [2.24, 2.45) is 10.4 Å². The van der Waals surface area contributed by atoms with E-state index in [0.29, 0.717) is 23.7 Å². The average Bonchev–Trinajstić information content (AvgIpc) is 2.27. The molecule has 0 aliphatic heterocycles. The smallest absolute Gasteiger partial charge is 0.251 e. The molecule has 4 heteroatoms. The van der Waals surface area contributed by atoms with Crippen LogP contribution in [0.15, 0.2) is 28.7 Å². The second-order valence-corrected chi connectivity index (χ2v) is 4.86. The number of ether oxygens (including phenoxy) is 2. The molecule has 0 radical (unpaired) electrons. The van der Waals surface area contributed by atoms with E-state index in [1.54, 1.807) is 26.4 Å². The van der Waals surface area contributed by atoms with Gasteiger partial charge in [-0.25, -0.2) is 4.99 Å². The maximum atomic E-state index is 11.8. The minimum atomic E-state index is -0.459. The minimum Gasteiger partial charge on any atom is -0.497 e. The highest BCUT2D eigenvalue weighted by atomic mass is 16.5. The number of allylic oxidation sites excluding steroid dienone is 3. The lowest BCUT2D eigenvalue weighted by molar-refractivity contribution is -0.124. The van der Waals surface area contributed by atoms with Gasteiger partial charge < -0.3 is 9.47 Å². The fourth-order valence-electron chi connectivity index (χ4n) is 1.30. The zero-order valence-corrected chi connectivity index (χ0v) is 11.0. The molecule has 17 heavy (non-hydrogen) atoms. The van der Waals surface area contributed by atoms with Gasteiger partial charge >= 0.3 is 0 Å². The van der Waals surface area contributed by atoms with E-state index >= 15 is 0 Å². The van der Waals surface area contributed by atoms with Crippen LogP contribution in [0.3, 0.4) is 0 Å². The van der Waals surface area contributed by atoms with Gasteiger partial charge in [0.05, 0.1) is 26.4 Å². The number of amides is 1. The molecule has 0 saturated carbocycles. The van der Waals surface area contributed by atoms with Crippen molar-refractivity contribution in [3.05, 3.63) is 23.7 Å². The lowest BCUT2D eigenvalue weighted by Gasteiger charge is -2.17. The highest BCUT2D eigenvalue weighted by Gasteiger charge is 2.22. The van der Waals surface area contributed by atoms with E-state index in [4.69, 9.17) is 9.47 Å². The summed E-state index contributed by atoms with van der Waals surface area (Å²) < 4.78 is 10.3. The first kappa shape index (κ1) is 13.5. The SMILES string of the molecule is COC1=C(OC)CC(=NC(=O)C(C)(C)C)C=C1. The Balaban J connectivity index is 2.88. The van der Waals surface area contributed by atoms with E-state index in [1.807, 2.05) is 20.8 Å². The van der Waals surface area contributed by atoms with Crippen molar-refractivity contribution in [3.63, 3.8) is 0 Å². The Bertz CT molecular complexity index is 397. The third-order valence-corrected chi connectivity index (χ3v) is 2.40. The van der Waals surface area contributed by atoms with Gasteiger partial charge in [-0.15, -0.1) is 0 Å². The maximum absolute atomic E-state index is 11.8. The van der Waals surface area contributed by atoms with Crippen LogP contribution in [0, 0.1) is 5.41 Å². The highest BCUT2D eigenvalue weighted by molar-refractivity contribution is 6.05. The number of hydrogen-bond acceptors (Lipinski definition) is 3. The van der Waals surface area contributed by atoms with Crippen LogP contribution < -0.4 is 0 Å². The van der Waals surface area contributed by atoms with Crippen LogP contribution >= 0.6 is 0 Å². The molecule has 1 aliphatic rings. The number of nitrogens with zero attached hydrogens (tertiary/aromatic N) is 1. The Kier molecular flexibility index (Phi) is 4.10. The Morgan fingerprint density at radius 1 is 1.24 bits per heavy atom. The Labute approximate surface area is 102 Å². The van der Waals surface area contributed by atoms with Crippen molar-refractivity contribution in [2.45, 2.75) is 27.2 Å². The average molecular weight is 237 g/mol. The number of aliphatic imine (C=N–C) groups is 1. The predicted molar refractivity (Wildman–Crippen MR) is 66.7 cm³/mol. The van der Waals surface area contributed by atoms with Gasteiger partial charge in [-0.1, -0.05) is 20.8 Å². The maximum Gasteiger partial charge on any atom is 0.251 e. The molecular weight excluding hydrogens is 218 g/mol. The van der Waals surface area contributed by atoms with Gasteiger partial charge in [-0.2, -0.15) is 0 Å². The van der Waals surface area contributed by atoms with Crippen molar-refractivity contribution < 1.29 is 14.3 Å². The number of methoxy groups -OCH3 is 2. The highest BCUT2D eigenvalue weighted by Crippen LogP contribution is 2.21. The molecular formula is C13H19NO3. The summed E-state index contributed by atoms with van der Waals surface area (Å²) >= 11 is 0. The number of carbonyl (C=O) groups excluding carboxylic acids is 1. The molecule has 1 rings (SSSR count). The first-order valence-electron chi connectivity index (χ1n) is 5.49. The predicted octanol–water partition coefficient (Wildman–Crippen LogP) is 2.46.